The van der Waals surface area contributed by atoms with Crippen LogP contribution in [0.1, 0.15) is 13.8 Å². The van der Waals surface area contributed by atoms with Crippen LogP contribution in [0.2, 0.25) is 0 Å². The molecule has 0 saturated carbocycles. The van der Waals surface area contributed by atoms with Gasteiger partial charge in [-0.05, 0) is 20.9 Å². The van der Waals surface area contributed by atoms with Crippen molar-refractivity contribution in [2.45, 2.75) is 25.9 Å². The van der Waals surface area contributed by atoms with E-state index in [1.807, 2.05) is 13.8 Å². The van der Waals surface area contributed by atoms with Gasteiger partial charge in [0, 0.05) is 7.05 Å². The second kappa shape index (κ2) is 2.86. The number of hydrogen-bond acceptors (Lipinski definition) is 3. The molecule has 0 radical (unpaired) electrons. The first kappa shape index (κ1) is 9.19. The molecule has 1 rings (SSSR count). The van der Waals surface area contributed by atoms with E-state index in [0.717, 1.165) is 0 Å². The molecule has 1 aliphatic heterocycles. The highest BCUT2D eigenvalue weighted by Gasteiger charge is 2.37. The third-order valence-electron chi connectivity index (χ3n) is 2.60. The average Bonchev–Trinajstić information content (AvgIpc) is 2.08. The molecule has 1 aliphatic rings. The summed E-state index contributed by atoms with van der Waals surface area (Å²) in [4.78, 5) is 25.7. The van der Waals surface area contributed by atoms with E-state index in [1.165, 1.54) is 11.9 Å². The van der Waals surface area contributed by atoms with Gasteiger partial charge in [0.1, 0.15) is 0 Å². The standard InChI is InChI=1S/C8H14N2O2/c1-5-7(11)10(4)8(12)6(2)9(5)3/h5-6H,1-4H3. The van der Waals surface area contributed by atoms with E-state index >= 15 is 0 Å². The van der Waals surface area contributed by atoms with E-state index in [-0.39, 0.29) is 23.9 Å². The Morgan fingerprint density at radius 3 is 1.67 bits per heavy atom. The topological polar surface area (TPSA) is 40.6 Å². The molecular weight excluding hydrogens is 156 g/mol. The second-order valence-corrected chi connectivity index (χ2v) is 3.25. The van der Waals surface area contributed by atoms with Crippen LogP contribution in [-0.4, -0.2) is 47.8 Å². The lowest BCUT2D eigenvalue weighted by Crippen LogP contribution is -2.60. The van der Waals surface area contributed by atoms with Crippen molar-refractivity contribution < 1.29 is 9.59 Å². The third-order valence-corrected chi connectivity index (χ3v) is 2.60. The van der Waals surface area contributed by atoms with Crippen molar-refractivity contribution in [3.8, 4) is 0 Å². The first-order chi connectivity index (χ1) is 5.46. The van der Waals surface area contributed by atoms with Gasteiger partial charge in [-0.3, -0.25) is 19.4 Å². The van der Waals surface area contributed by atoms with Gasteiger partial charge < -0.3 is 0 Å². The van der Waals surface area contributed by atoms with Crippen molar-refractivity contribution in [1.82, 2.24) is 9.80 Å². The molecule has 0 aromatic rings. The zero-order valence-corrected chi connectivity index (χ0v) is 7.87. The molecule has 68 valence electrons. The minimum atomic E-state index is -0.192. The number of likely N-dealkylation sites (N-methyl/N-ethyl adjacent to an activating group) is 2. The summed E-state index contributed by atoms with van der Waals surface area (Å²) in [5, 5.41) is 0. The normalized spacial score (nSPS) is 32.8. The molecule has 0 spiro atoms. The molecule has 2 unspecified atom stereocenters. The first-order valence-electron chi connectivity index (χ1n) is 4.00. The van der Waals surface area contributed by atoms with Crippen molar-refractivity contribution in [2.24, 2.45) is 0 Å². The smallest absolute Gasteiger partial charge is 0.246 e. The molecular formula is C8H14N2O2. The van der Waals surface area contributed by atoms with Crippen LogP contribution >= 0.6 is 0 Å². The summed E-state index contributed by atoms with van der Waals surface area (Å²) in [5.41, 5.74) is 0. The van der Waals surface area contributed by atoms with E-state index in [9.17, 15) is 9.59 Å². The van der Waals surface area contributed by atoms with E-state index in [1.54, 1.807) is 11.9 Å². The fourth-order valence-electron chi connectivity index (χ4n) is 1.35. The minimum Gasteiger partial charge on any atom is -0.284 e. The van der Waals surface area contributed by atoms with Crippen molar-refractivity contribution >= 4 is 11.8 Å². The Hall–Kier alpha value is -0.900. The van der Waals surface area contributed by atoms with Crippen molar-refractivity contribution in [1.29, 1.82) is 0 Å². The molecule has 4 nitrogen and oxygen atoms in total. The molecule has 1 saturated heterocycles. The highest BCUT2D eigenvalue weighted by atomic mass is 16.2. The summed E-state index contributed by atoms with van der Waals surface area (Å²) < 4.78 is 0. The third kappa shape index (κ3) is 1.12. The van der Waals surface area contributed by atoms with Gasteiger partial charge in [0.2, 0.25) is 11.8 Å². The van der Waals surface area contributed by atoms with Crippen LogP contribution in [0.4, 0.5) is 0 Å². The Labute approximate surface area is 72.1 Å². The molecule has 2 atom stereocenters. The quantitative estimate of drug-likeness (QED) is 0.468. The van der Waals surface area contributed by atoms with Gasteiger partial charge in [-0.25, -0.2) is 0 Å². The lowest BCUT2D eigenvalue weighted by atomic mass is 10.1. The molecule has 0 aliphatic carbocycles. The molecule has 0 N–H and O–H groups in total. The summed E-state index contributed by atoms with van der Waals surface area (Å²) >= 11 is 0. The Morgan fingerprint density at radius 1 is 1.00 bits per heavy atom. The van der Waals surface area contributed by atoms with E-state index in [4.69, 9.17) is 0 Å². The zero-order valence-electron chi connectivity index (χ0n) is 7.87. The van der Waals surface area contributed by atoms with Crippen LogP contribution in [0.25, 0.3) is 0 Å². The van der Waals surface area contributed by atoms with Crippen molar-refractivity contribution in [2.75, 3.05) is 14.1 Å². The molecule has 1 heterocycles. The van der Waals surface area contributed by atoms with Crippen LogP contribution in [0.3, 0.4) is 0 Å². The highest BCUT2D eigenvalue weighted by Crippen LogP contribution is 2.13. The van der Waals surface area contributed by atoms with Crippen LogP contribution in [0.5, 0.6) is 0 Å². The monoisotopic (exact) mass is 170 g/mol. The predicted octanol–water partition coefficient (Wildman–Crippen LogP) is -0.306. The van der Waals surface area contributed by atoms with Gasteiger partial charge >= 0.3 is 0 Å². The van der Waals surface area contributed by atoms with E-state index in [2.05, 4.69) is 0 Å². The van der Waals surface area contributed by atoms with E-state index < -0.39 is 0 Å². The van der Waals surface area contributed by atoms with Gasteiger partial charge in [-0.1, -0.05) is 0 Å². The molecule has 12 heavy (non-hydrogen) atoms. The van der Waals surface area contributed by atoms with Crippen LogP contribution in [0, 0.1) is 0 Å². The Morgan fingerprint density at radius 2 is 1.33 bits per heavy atom. The maximum absolute atomic E-state index is 11.4. The number of piperazine rings is 1. The number of amides is 2. The first-order valence-corrected chi connectivity index (χ1v) is 4.00. The summed E-state index contributed by atoms with van der Waals surface area (Å²) in [6.45, 7) is 3.61. The van der Waals surface area contributed by atoms with Crippen LogP contribution in [-0.2, 0) is 9.59 Å². The zero-order chi connectivity index (χ0) is 9.46. The van der Waals surface area contributed by atoms with Gasteiger partial charge in [0.25, 0.3) is 0 Å². The summed E-state index contributed by atoms with van der Waals surface area (Å²) in [5.74, 6) is -0.249. The van der Waals surface area contributed by atoms with Gasteiger partial charge in [-0.15, -0.1) is 0 Å². The SMILES string of the molecule is CC1C(=O)N(C)C(=O)C(C)N1C. The van der Waals surface area contributed by atoms with Crippen LogP contribution < -0.4 is 0 Å². The minimum absolute atomic E-state index is 0.124. The molecule has 0 aromatic carbocycles. The fourth-order valence-corrected chi connectivity index (χ4v) is 1.35. The van der Waals surface area contributed by atoms with E-state index in [0.29, 0.717) is 0 Å². The lowest BCUT2D eigenvalue weighted by Gasteiger charge is -2.38. The number of rotatable bonds is 0. The Balaban J connectivity index is 2.91. The number of hydrogen-bond donors (Lipinski definition) is 0. The fraction of sp³-hybridized carbons (Fsp3) is 0.750. The maximum Gasteiger partial charge on any atom is 0.246 e. The van der Waals surface area contributed by atoms with Crippen molar-refractivity contribution in [3.63, 3.8) is 0 Å². The Bertz CT molecular complexity index is 205. The largest absolute Gasteiger partial charge is 0.284 e. The summed E-state index contributed by atoms with van der Waals surface area (Å²) in [6, 6.07) is -0.384. The number of imide groups is 1. The number of carbonyl (C=O) groups is 2. The number of nitrogens with zero attached hydrogens (tertiary/aromatic N) is 2. The molecule has 4 heteroatoms. The predicted molar refractivity (Wildman–Crippen MR) is 44.5 cm³/mol. The molecule has 0 aromatic heterocycles. The molecule has 2 amide bonds. The van der Waals surface area contributed by atoms with Gasteiger partial charge in [0.15, 0.2) is 0 Å². The molecule has 0 bridgehead atoms. The highest BCUT2D eigenvalue weighted by molar-refractivity contribution is 6.01. The van der Waals surface area contributed by atoms with Gasteiger partial charge in [-0.2, -0.15) is 0 Å². The second-order valence-electron chi connectivity index (χ2n) is 3.25. The maximum atomic E-state index is 11.4. The summed E-state index contributed by atoms with van der Waals surface area (Å²) in [6.07, 6.45) is 0. The average molecular weight is 170 g/mol. The Kier molecular flexibility index (Phi) is 2.19. The lowest BCUT2D eigenvalue weighted by molar-refractivity contribution is -0.156. The van der Waals surface area contributed by atoms with Crippen molar-refractivity contribution in [3.05, 3.63) is 0 Å². The van der Waals surface area contributed by atoms with Gasteiger partial charge in [0.05, 0.1) is 12.1 Å². The summed E-state index contributed by atoms with van der Waals surface area (Å²) in [7, 11) is 3.32. The number of carbonyl (C=O) groups excluding carboxylic acids is 2. The molecule has 1 fully saturated rings. The van der Waals surface area contributed by atoms with Crippen LogP contribution in [0.15, 0.2) is 0 Å².